The zero-order valence-electron chi connectivity index (χ0n) is 14.8. The second-order valence-corrected chi connectivity index (χ2v) is 6.47. The highest BCUT2D eigenvalue weighted by atomic mass is 19.4. The van der Waals surface area contributed by atoms with E-state index in [0.717, 1.165) is 12.1 Å². The van der Waals surface area contributed by atoms with Crippen molar-refractivity contribution in [3.05, 3.63) is 64.7 Å². The molecule has 2 aromatic carbocycles. The predicted octanol–water partition coefficient (Wildman–Crippen LogP) is 3.73. The molecule has 146 valence electrons. The summed E-state index contributed by atoms with van der Waals surface area (Å²) in [6, 6.07) is 9.05. The lowest BCUT2D eigenvalue weighted by Crippen LogP contribution is -2.16. The molecule has 0 saturated carbocycles. The average molecular weight is 391 g/mol. The number of Topliss-reactive ketones (excluding diaryl/α,β-unsaturated/α-hetero) is 1. The molecule has 2 aromatic rings. The van der Waals surface area contributed by atoms with Crippen molar-refractivity contribution in [2.45, 2.75) is 25.4 Å². The van der Waals surface area contributed by atoms with Gasteiger partial charge in [-0.05, 0) is 42.3 Å². The average Bonchev–Trinajstić information content (AvgIpc) is 2.93. The highest BCUT2D eigenvalue weighted by Gasteiger charge is 2.30. The number of ether oxygens (including phenoxy) is 1. The largest absolute Gasteiger partial charge is 0.457 e. The molecule has 1 heterocycles. The molecule has 1 atom stereocenters. The molecule has 0 aromatic heterocycles. The Bertz CT molecular complexity index is 953. The van der Waals surface area contributed by atoms with Crippen molar-refractivity contribution < 1.29 is 32.3 Å². The summed E-state index contributed by atoms with van der Waals surface area (Å²) in [7, 11) is 0. The SMILES string of the molecule is C[C@@H]1C(=O)Nc2ccc(C(=O)COC(=O)Cc3cccc(C(F)(F)F)c3)cc21. The van der Waals surface area contributed by atoms with E-state index in [4.69, 9.17) is 4.74 Å². The summed E-state index contributed by atoms with van der Waals surface area (Å²) >= 11 is 0. The molecule has 28 heavy (non-hydrogen) atoms. The van der Waals surface area contributed by atoms with Gasteiger partial charge in [-0.25, -0.2) is 0 Å². The normalized spacial score (nSPS) is 15.7. The number of ketones is 1. The Hall–Kier alpha value is -3.16. The van der Waals surface area contributed by atoms with Crippen LogP contribution in [0, 0.1) is 0 Å². The van der Waals surface area contributed by atoms with Gasteiger partial charge in [0, 0.05) is 11.3 Å². The van der Waals surface area contributed by atoms with Crippen LogP contribution in [0.25, 0.3) is 0 Å². The smallest absolute Gasteiger partial charge is 0.416 e. The molecule has 1 amide bonds. The number of hydrogen-bond acceptors (Lipinski definition) is 4. The summed E-state index contributed by atoms with van der Waals surface area (Å²) in [6.07, 6.45) is -4.88. The zero-order chi connectivity index (χ0) is 20.5. The number of fused-ring (bicyclic) bond motifs is 1. The third-order valence-corrected chi connectivity index (χ3v) is 4.46. The Morgan fingerprint density at radius 3 is 2.61 bits per heavy atom. The second-order valence-electron chi connectivity index (χ2n) is 6.47. The van der Waals surface area contributed by atoms with Gasteiger partial charge < -0.3 is 10.1 Å². The molecule has 0 saturated heterocycles. The first-order valence-corrected chi connectivity index (χ1v) is 8.45. The van der Waals surface area contributed by atoms with Gasteiger partial charge in [0.2, 0.25) is 5.91 Å². The lowest BCUT2D eigenvalue weighted by Gasteiger charge is -2.09. The molecule has 1 N–H and O–H groups in total. The van der Waals surface area contributed by atoms with E-state index in [2.05, 4.69) is 5.32 Å². The highest BCUT2D eigenvalue weighted by Crippen LogP contribution is 2.33. The molecule has 0 fully saturated rings. The molecular formula is C20H16F3NO4. The standard InChI is InChI=1S/C20H16F3NO4/c1-11-15-9-13(5-6-16(15)24-19(11)27)17(25)10-28-18(26)8-12-3-2-4-14(7-12)20(21,22)23/h2-7,9,11H,8,10H2,1H3,(H,24,27)/t11-/m0/s1. The Kier molecular flexibility index (Phi) is 5.22. The van der Waals surface area contributed by atoms with Crippen molar-refractivity contribution in [1.29, 1.82) is 0 Å². The number of amides is 1. The maximum absolute atomic E-state index is 12.7. The number of rotatable bonds is 5. The third kappa shape index (κ3) is 4.21. The molecule has 1 aliphatic heterocycles. The molecule has 5 nitrogen and oxygen atoms in total. The summed E-state index contributed by atoms with van der Waals surface area (Å²) < 4.78 is 43.0. The summed E-state index contributed by atoms with van der Waals surface area (Å²) in [5, 5.41) is 2.69. The van der Waals surface area contributed by atoms with Crippen molar-refractivity contribution in [3.8, 4) is 0 Å². The minimum atomic E-state index is -4.50. The molecule has 3 rings (SSSR count). The van der Waals surface area contributed by atoms with E-state index in [1.165, 1.54) is 18.2 Å². The van der Waals surface area contributed by atoms with Crippen molar-refractivity contribution >= 4 is 23.3 Å². The molecule has 0 radical (unpaired) electrons. The van der Waals surface area contributed by atoms with Crippen LogP contribution in [0.4, 0.5) is 18.9 Å². The van der Waals surface area contributed by atoms with Crippen LogP contribution in [-0.2, 0) is 26.9 Å². The zero-order valence-corrected chi connectivity index (χ0v) is 14.8. The molecule has 0 spiro atoms. The van der Waals surface area contributed by atoms with Crippen LogP contribution in [0.15, 0.2) is 42.5 Å². The molecule has 0 unspecified atom stereocenters. The minimum Gasteiger partial charge on any atom is -0.457 e. The molecule has 1 aliphatic rings. The number of anilines is 1. The molecule has 8 heteroatoms. The Labute approximate surface area is 158 Å². The number of carbonyl (C=O) groups excluding carboxylic acids is 3. The molecule has 0 aliphatic carbocycles. The maximum Gasteiger partial charge on any atom is 0.416 e. The number of carbonyl (C=O) groups is 3. The second kappa shape index (κ2) is 7.46. The van der Waals surface area contributed by atoms with Crippen LogP contribution in [0.5, 0.6) is 0 Å². The fourth-order valence-corrected chi connectivity index (χ4v) is 2.90. The topological polar surface area (TPSA) is 72.5 Å². The van der Waals surface area contributed by atoms with Gasteiger partial charge in [-0.2, -0.15) is 13.2 Å². The lowest BCUT2D eigenvalue weighted by atomic mass is 9.99. The van der Waals surface area contributed by atoms with Gasteiger partial charge in [-0.15, -0.1) is 0 Å². The van der Waals surface area contributed by atoms with Gasteiger partial charge >= 0.3 is 12.1 Å². The molecular weight excluding hydrogens is 375 g/mol. The number of nitrogens with one attached hydrogen (secondary N) is 1. The first-order chi connectivity index (χ1) is 13.1. The van der Waals surface area contributed by atoms with Crippen LogP contribution < -0.4 is 5.32 Å². The first kappa shape index (κ1) is 19.6. The number of benzene rings is 2. The quantitative estimate of drug-likeness (QED) is 0.623. The van der Waals surface area contributed by atoms with E-state index in [1.54, 1.807) is 19.1 Å². The maximum atomic E-state index is 12.7. The van der Waals surface area contributed by atoms with E-state index < -0.39 is 30.1 Å². The fraction of sp³-hybridized carbons (Fsp3) is 0.250. The Morgan fingerprint density at radius 2 is 1.89 bits per heavy atom. The van der Waals surface area contributed by atoms with Gasteiger partial charge in [-0.3, -0.25) is 14.4 Å². The van der Waals surface area contributed by atoms with Crippen molar-refractivity contribution in [2.24, 2.45) is 0 Å². The van der Waals surface area contributed by atoms with Crippen LogP contribution in [-0.4, -0.2) is 24.3 Å². The predicted molar refractivity (Wildman–Crippen MR) is 93.9 cm³/mol. The summed E-state index contributed by atoms with van der Waals surface area (Å²) in [5.41, 5.74) is 0.892. The van der Waals surface area contributed by atoms with Gasteiger partial charge in [0.15, 0.2) is 12.4 Å². The number of esters is 1. The third-order valence-electron chi connectivity index (χ3n) is 4.46. The highest BCUT2D eigenvalue weighted by molar-refractivity contribution is 6.05. The Morgan fingerprint density at radius 1 is 1.14 bits per heavy atom. The van der Waals surface area contributed by atoms with E-state index in [-0.39, 0.29) is 29.4 Å². The number of halogens is 3. The fourth-order valence-electron chi connectivity index (χ4n) is 2.90. The van der Waals surface area contributed by atoms with Gasteiger partial charge in [0.1, 0.15) is 0 Å². The summed E-state index contributed by atoms with van der Waals surface area (Å²) in [4.78, 5) is 35.8. The Balaban J connectivity index is 1.60. The summed E-state index contributed by atoms with van der Waals surface area (Å²) in [5.74, 6) is -1.82. The van der Waals surface area contributed by atoms with Crippen molar-refractivity contribution in [2.75, 3.05) is 11.9 Å². The van der Waals surface area contributed by atoms with E-state index >= 15 is 0 Å². The van der Waals surface area contributed by atoms with E-state index in [0.29, 0.717) is 11.3 Å². The van der Waals surface area contributed by atoms with Crippen molar-refractivity contribution in [3.63, 3.8) is 0 Å². The summed E-state index contributed by atoms with van der Waals surface area (Å²) in [6.45, 7) is 1.18. The van der Waals surface area contributed by atoms with Gasteiger partial charge in [-0.1, -0.05) is 18.2 Å². The first-order valence-electron chi connectivity index (χ1n) is 8.45. The monoisotopic (exact) mass is 391 g/mol. The van der Waals surface area contributed by atoms with Crippen molar-refractivity contribution in [1.82, 2.24) is 0 Å². The van der Waals surface area contributed by atoms with E-state index in [9.17, 15) is 27.6 Å². The lowest BCUT2D eigenvalue weighted by molar-refractivity contribution is -0.142. The van der Waals surface area contributed by atoms with E-state index in [1.807, 2.05) is 0 Å². The van der Waals surface area contributed by atoms with Crippen LogP contribution in [0.1, 0.15) is 39.9 Å². The van der Waals surface area contributed by atoms with Crippen LogP contribution in [0.2, 0.25) is 0 Å². The number of alkyl halides is 3. The van der Waals surface area contributed by atoms with Crippen LogP contribution >= 0.6 is 0 Å². The number of hydrogen-bond donors (Lipinski definition) is 1. The molecule has 0 bridgehead atoms. The van der Waals surface area contributed by atoms with Gasteiger partial charge in [0.25, 0.3) is 0 Å². The minimum absolute atomic E-state index is 0.142. The van der Waals surface area contributed by atoms with Crippen LogP contribution in [0.3, 0.4) is 0 Å². The van der Waals surface area contributed by atoms with Gasteiger partial charge in [0.05, 0.1) is 17.9 Å².